The average molecular weight is 931 g/mol. The van der Waals surface area contributed by atoms with Crippen LogP contribution in [0.2, 0.25) is 0 Å². The third kappa shape index (κ3) is 15.6. The van der Waals surface area contributed by atoms with Crippen LogP contribution >= 0.6 is 0 Å². The standard InChI is InChI=1S/C12H23N.C12H17N.C10H18N2.C10H20N2.C9H18N2.C5H11N/c2*1-10(2)13-9-5-7-11-6-3-4-8-12(11)13;1-8(2)12-7-11-6-4-5-10(11)9(12)3;1-9(2)12-7-6-11-5-3-4-10(11)8-12;1-8(2)11-6-9-4-3-5-10(9)7-11;1-5(2)6-3-4-6/h10-12H,3-9H2,1-2H3;3-4,6,8,10H,5,7,9H2,1-2H3;8,10H,3-7H2,1-2H3;9-10H,3-8H2,1-2H3;8-9H,3-7H2,1-2H3;5H,3-4H2,1-2H3. The first-order chi connectivity index (χ1) is 32.1. The third-order valence-corrected chi connectivity index (χ3v) is 17.4. The summed E-state index contributed by atoms with van der Waals surface area (Å²) >= 11 is 0. The molecule has 11 rings (SSSR count). The largest absolute Gasteiger partial charge is 0.369 e. The molecule has 0 bridgehead atoms. The first-order valence-electron chi connectivity index (χ1n) is 28.6. The molecule has 384 valence electrons. The Morgan fingerprint density at radius 3 is 1.63 bits per heavy atom. The number of rotatable bonds is 6. The minimum Gasteiger partial charge on any atom is -0.369 e. The Morgan fingerprint density at radius 2 is 1.01 bits per heavy atom. The van der Waals surface area contributed by atoms with E-state index in [4.69, 9.17) is 0 Å². The van der Waals surface area contributed by atoms with E-state index in [-0.39, 0.29) is 0 Å². The van der Waals surface area contributed by atoms with Crippen molar-refractivity contribution in [3.63, 3.8) is 0 Å². The fraction of sp³-hybridized carbons (Fsp3) is 0.862. The summed E-state index contributed by atoms with van der Waals surface area (Å²) in [5.74, 6) is 1.05. The Labute approximate surface area is 415 Å². The molecular weight excluding hydrogens is 823 g/mol. The van der Waals surface area contributed by atoms with Gasteiger partial charge in [0.05, 0.1) is 19.4 Å². The zero-order chi connectivity index (χ0) is 48.2. The summed E-state index contributed by atoms with van der Waals surface area (Å²) in [5.41, 5.74) is 4.31. The van der Waals surface area contributed by atoms with E-state index in [0.29, 0.717) is 18.1 Å². The van der Waals surface area contributed by atoms with Gasteiger partial charge in [-0.2, -0.15) is 0 Å². The Balaban J connectivity index is 0.000000134. The SMILES string of the molecule is C=C1C2CCCN2CN1C(C)C.CC(C)N1CC1.CC(C)N1CC2CCCN2C1.CC(C)N1CCCC2CCCCC21.CC(C)N1CCCc2ccccc21.CC(C)N1CCN2CCCC2C1. The molecule has 10 aliphatic rings. The van der Waals surface area contributed by atoms with Gasteiger partial charge >= 0.3 is 0 Å². The molecule has 8 saturated heterocycles. The number of nitrogens with zero attached hydrogens (tertiary/aromatic N) is 9. The lowest BCUT2D eigenvalue weighted by Gasteiger charge is -2.46. The van der Waals surface area contributed by atoms with Crippen molar-refractivity contribution in [1.82, 2.24) is 39.2 Å². The number of benzene rings is 1. The number of para-hydroxylation sites is 1. The molecule has 0 N–H and O–H groups in total. The van der Waals surface area contributed by atoms with E-state index in [1.807, 2.05) is 0 Å². The molecule has 9 aliphatic heterocycles. The second kappa shape index (κ2) is 26.6. The van der Waals surface area contributed by atoms with Gasteiger partial charge in [0.25, 0.3) is 0 Å². The van der Waals surface area contributed by atoms with Gasteiger partial charge in [0.2, 0.25) is 0 Å². The highest BCUT2D eigenvalue weighted by molar-refractivity contribution is 5.55. The van der Waals surface area contributed by atoms with Crippen LogP contribution in [0.4, 0.5) is 5.69 Å². The second-order valence-electron chi connectivity index (χ2n) is 23.9. The maximum Gasteiger partial charge on any atom is 0.0712 e. The number of hydrogen-bond donors (Lipinski definition) is 0. The van der Waals surface area contributed by atoms with Gasteiger partial charge in [-0.3, -0.25) is 34.3 Å². The molecule has 0 radical (unpaired) electrons. The first kappa shape index (κ1) is 54.6. The Bertz CT molecular complexity index is 1560. The van der Waals surface area contributed by atoms with Crippen molar-refractivity contribution < 1.29 is 0 Å². The van der Waals surface area contributed by atoms with E-state index in [9.17, 15) is 0 Å². The number of piperazine rings is 1. The molecule has 9 nitrogen and oxygen atoms in total. The van der Waals surface area contributed by atoms with Crippen LogP contribution in [0.1, 0.15) is 172 Å². The van der Waals surface area contributed by atoms with E-state index in [0.717, 1.165) is 54.9 Å². The van der Waals surface area contributed by atoms with Gasteiger partial charge < -0.3 is 9.80 Å². The number of fused-ring (bicyclic) bond motifs is 5. The van der Waals surface area contributed by atoms with Crippen molar-refractivity contribution in [2.75, 3.05) is 90.2 Å². The van der Waals surface area contributed by atoms with Crippen LogP contribution in [0.15, 0.2) is 36.5 Å². The van der Waals surface area contributed by atoms with Crippen molar-refractivity contribution >= 4 is 5.69 Å². The minimum atomic E-state index is 0.614. The highest BCUT2D eigenvalue weighted by Gasteiger charge is 2.38. The summed E-state index contributed by atoms with van der Waals surface area (Å²) in [4.78, 5) is 23.1. The summed E-state index contributed by atoms with van der Waals surface area (Å²) in [6.07, 6.45) is 19.9. The predicted octanol–water partition coefficient (Wildman–Crippen LogP) is 10.6. The highest BCUT2D eigenvalue weighted by Crippen LogP contribution is 2.36. The maximum absolute atomic E-state index is 4.18. The lowest BCUT2D eigenvalue weighted by molar-refractivity contribution is 0.0371. The summed E-state index contributed by atoms with van der Waals surface area (Å²) < 4.78 is 0. The van der Waals surface area contributed by atoms with Crippen LogP contribution in [-0.4, -0.2) is 185 Å². The van der Waals surface area contributed by atoms with Gasteiger partial charge in [0.1, 0.15) is 0 Å². The molecular formula is C58H107N9. The highest BCUT2D eigenvalue weighted by atomic mass is 15.4. The van der Waals surface area contributed by atoms with Crippen molar-refractivity contribution in [3.05, 3.63) is 42.1 Å². The Hall–Kier alpha value is -1.72. The minimum absolute atomic E-state index is 0.614. The number of likely N-dealkylation sites (tertiary alicyclic amines) is 1. The van der Waals surface area contributed by atoms with Crippen molar-refractivity contribution in [1.29, 1.82) is 0 Å². The van der Waals surface area contributed by atoms with Crippen LogP contribution in [0.5, 0.6) is 0 Å². The smallest absolute Gasteiger partial charge is 0.0712 e. The topological polar surface area (TPSA) is 28.9 Å². The zero-order valence-corrected chi connectivity index (χ0v) is 46.0. The zero-order valence-electron chi connectivity index (χ0n) is 46.0. The van der Waals surface area contributed by atoms with E-state index < -0.39 is 0 Å². The monoisotopic (exact) mass is 930 g/mol. The van der Waals surface area contributed by atoms with E-state index >= 15 is 0 Å². The molecule has 9 heterocycles. The summed E-state index contributed by atoms with van der Waals surface area (Å²) in [6, 6.07) is 16.5. The molecule has 5 unspecified atom stereocenters. The fourth-order valence-corrected chi connectivity index (χ4v) is 13.0. The Morgan fingerprint density at radius 1 is 0.448 bits per heavy atom. The first-order valence-corrected chi connectivity index (χ1v) is 28.6. The fourth-order valence-electron chi connectivity index (χ4n) is 13.0. The number of hydrogen-bond acceptors (Lipinski definition) is 9. The molecule has 5 atom stereocenters. The van der Waals surface area contributed by atoms with Crippen molar-refractivity contribution in [2.24, 2.45) is 5.92 Å². The number of aryl methyl sites for hydroxylation is 1. The van der Waals surface area contributed by atoms with Crippen LogP contribution in [-0.2, 0) is 6.42 Å². The average Bonchev–Trinajstić information content (AvgIpc) is 3.72. The molecule has 1 aromatic carbocycles. The van der Waals surface area contributed by atoms with Gasteiger partial charge in [-0.05, 0) is 197 Å². The summed E-state index contributed by atoms with van der Waals surface area (Å²) in [7, 11) is 0. The number of anilines is 1. The molecule has 9 heteroatoms. The van der Waals surface area contributed by atoms with Gasteiger partial charge in [0, 0.05) is 118 Å². The van der Waals surface area contributed by atoms with Crippen LogP contribution in [0.25, 0.3) is 0 Å². The molecule has 0 amide bonds. The van der Waals surface area contributed by atoms with Gasteiger partial charge in [-0.1, -0.05) is 37.6 Å². The molecule has 1 aliphatic carbocycles. The number of piperidine rings is 1. The predicted molar refractivity (Wildman–Crippen MR) is 289 cm³/mol. The van der Waals surface area contributed by atoms with Gasteiger partial charge in [0.15, 0.2) is 0 Å². The molecule has 0 aromatic heterocycles. The quantitative estimate of drug-likeness (QED) is 0.259. The maximum atomic E-state index is 4.18. The Kier molecular flexibility index (Phi) is 21.7. The third-order valence-electron chi connectivity index (χ3n) is 17.4. The lowest BCUT2D eigenvalue weighted by atomic mass is 9.78. The molecule has 0 spiro atoms. The van der Waals surface area contributed by atoms with Crippen LogP contribution in [0.3, 0.4) is 0 Å². The normalized spacial score (nSPS) is 29.0. The van der Waals surface area contributed by atoms with Crippen molar-refractivity contribution in [2.45, 2.75) is 233 Å². The van der Waals surface area contributed by atoms with E-state index in [2.05, 4.69) is 158 Å². The molecule has 67 heavy (non-hydrogen) atoms. The van der Waals surface area contributed by atoms with Crippen molar-refractivity contribution in [3.8, 4) is 0 Å². The van der Waals surface area contributed by atoms with E-state index in [1.165, 1.54) is 186 Å². The summed E-state index contributed by atoms with van der Waals surface area (Å²) in [6.45, 7) is 48.4. The van der Waals surface area contributed by atoms with Crippen LogP contribution in [0, 0.1) is 5.92 Å². The lowest BCUT2D eigenvalue weighted by Crippen LogP contribution is -2.52. The van der Waals surface area contributed by atoms with Crippen LogP contribution < -0.4 is 4.90 Å². The summed E-state index contributed by atoms with van der Waals surface area (Å²) in [5, 5.41) is 0. The van der Waals surface area contributed by atoms with E-state index in [1.54, 1.807) is 0 Å². The molecule has 9 fully saturated rings. The van der Waals surface area contributed by atoms with Gasteiger partial charge in [-0.25, -0.2) is 0 Å². The molecule has 1 saturated carbocycles. The molecule has 1 aromatic rings. The second-order valence-corrected chi connectivity index (χ2v) is 23.9. The van der Waals surface area contributed by atoms with Gasteiger partial charge in [-0.15, -0.1) is 0 Å².